The van der Waals surface area contributed by atoms with Gasteiger partial charge in [0.2, 0.25) is 0 Å². The van der Waals surface area contributed by atoms with Crippen molar-refractivity contribution in [2.45, 2.75) is 45.2 Å². The third-order valence-electron chi connectivity index (χ3n) is 6.09. The fourth-order valence-electron chi connectivity index (χ4n) is 4.30. The second-order valence-corrected chi connectivity index (χ2v) is 8.54. The summed E-state index contributed by atoms with van der Waals surface area (Å²) in [5, 5.41) is 2.99. The zero-order chi connectivity index (χ0) is 20.6. The molecule has 3 amide bonds. The minimum absolute atomic E-state index is 0.134. The van der Waals surface area contributed by atoms with E-state index in [1.54, 1.807) is 23.5 Å². The van der Waals surface area contributed by atoms with Gasteiger partial charge in [0, 0.05) is 24.8 Å². The number of amides is 3. The molecule has 1 atom stereocenters. The Kier molecular flexibility index (Phi) is 5.27. The number of rotatable bonds is 4. The lowest BCUT2D eigenvalue weighted by Crippen LogP contribution is -2.55. The minimum atomic E-state index is -0.790. The number of imide groups is 1. The normalized spacial score (nSPS) is 21.5. The lowest BCUT2D eigenvalue weighted by molar-refractivity contribution is -0.131. The van der Waals surface area contributed by atoms with Crippen LogP contribution < -0.4 is 5.32 Å². The first-order valence-corrected chi connectivity index (χ1v) is 10.9. The Morgan fingerprint density at radius 2 is 2.03 bits per heavy atom. The van der Waals surface area contributed by atoms with Crippen LogP contribution in [0.25, 0.3) is 10.2 Å². The van der Waals surface area contributed by atoms with Crippen molar-refractivity contribution in [1.82, 2.24) is 20.1 Å². The molecule has 4 rings (SSSR count). The molecule has 2 aliphatic heterocycles. The number of likely N-dealkylation sites (tertiary alicyclic amines) is 1. The van der Waals surface area contributed by atoms with Crippen LogP contribution in [0.15, 0.2) is 47.6 Å². The predicted octanol–water partition coefficient (Wildman–Crippen LogP) is 4.22. The highest BCUT2D eigenvalue weighted by atomic mass is 32.1. The van der Waals surface area contributed by atoms with Crippen molar-refractivity contribution in [3.63, 3.8) is 0 Å². The Morgan fingerprint density at radius 3 is 2.72 bits per heavy atom. The van der Waals surface area contributed by atoms with Crippen molar-refractivity contribution in [3.05, 3.63) is 53.2 Å². The number of thiazole rings is 1. The summed E-state index contributed by atoms with van der Waals surface area (Å²) < 4.78 is 1.19. The minimum Gasteiger partial charge on any atom is -0.323 e. The van der Waals surface area contributed by atoms with Crippen LogP contribution in [0.4, 0.5) is 4.79 Å². The number of piperidine rings is 1. The topological polar surface area (TPSA) is 65.5 Å². The zero-order valence-electron chi connectivity index (χ0n) is 17.0. The molecule has 2 aromatic rings. The summed E-state index contributed by atoms with van der Waals surface area (Å²) >= 11 is 1.65. The molecule has 29 heavy (non-hydrogen) atoms. The lowest BCUT2D eigenvalue weighted by atomic mass is 9.86. The molecule has 1 aromatic carbocycles. The summed E-state index contributed by atoms with van der Waals surface area (Å²) in [5.41, 5.74) is 3.97. The molecule has 3 heterocycles. The quantitative estimate of drug-likeness (QED) is 0.605. The predicted molar refractivity (Wildman–Crippen MR) is 116 cm³/mol. The van der Waals surface area contributed by atoms with E-state index in [2.05, 4.69) is 40.3 Å². The van der Waals surface area contributed by atoms with Gasteiger partial charge in [-0.1, -0.05) is 18.2 Å². The second-order valence-electron chi connectivity index (χ2n) is 7.66. The number of hydrogen-bond donors (Lipinski definition) is 1. The van der Waals surface area contributed by atoms with Crippen molar-refractivity contribution in [2.75, 3.05) is 13.1 Å². The van der Waals surface area contributed by atoms with Gasteiger partial charge in [0.1, 0.15) is 5.54 Å². The number of carbonyl (C=O) groups excluding carboxylic acids is 2. The average Bonchev–Trinajstić information content (AvgIpc) is 3.29. The fraction of sp³-hybridized carbons (Fsp3) is 0.409. The van der Waals surface area contributed by atoms with Crippen molar-refractivity contribution in [3.8, 4) is 0 Å². The summed E-state index contributed by atoms with van der Waals surface area (Å²) in [7, 11) is 0. The van der Waals surface area contributed by atoms with E-state index in [0.717, 1.165) is 18.6 Å². The molecule has 152 valence electrons. The number of nitrogens with zero attached hydrogens (tertiary/aromatic N) is 3. The summed E-state index contributed by atoms with van der Waals surface area (Å²) in [6.07, 6.45) is 6.66. The van der Waals surface area contributed by atoms with Crippen LogP contribution in [0, 0.1) is 0 Å². The first kappa shape index (κ1) is 19.8. The summed E-state index contributed by atoms with van der Waals surface area (Å²) in [6.45, 7) is 7.41. The Labute approximate surface area is 174 Å². The molecule has 1 unspecified atom stereocenters. The molecule has 2 saturated heterocycles. The molecule has 2 aliphatic rings. The molecule has 1 N–H and O–H groups in total. The van der Waals surface area contributed by atoms with Gasteiger partial charge in [-0.3, -0.25) is 9.69 Å². The highest BCUT2D eigenvalue weighted by Crippen LogP contribution is 2.35. The van der Waals surface area contributed by atoms with E-state index in [1.165, 1.54) is 15.2 Å². The maximum absolute atomic E-state index is 13.2. The molecule has 6 nitrogen and oxygen atoms in total. The number of nitrogens with one attached hydrogen (secondary N) is 1. The van der Waals surface area contributed by atoms with Crippen molar-refractivity contribution in [1.29, 1.82) is 0 Å². The van der Waals surface area contributed by atoms with E-state index >= 15 is 0 Å². The molecular weight excluding hydrogens is 384 g/mol. The number of urea groups is 1. The van der Waals surface area contributed by atoms with E-state index in [4.69, 9.17) is 0 Å². The van der Waals surface area contributed by atoms with E-state index in [0.29, 0.717) is 18.5 Å². The monoisotopic (exact) mass is 410 g/mol. The smallest absolute Gasteiger partial charge is 0.323 e. The van der Waals surface area contributed by atoms with E-state index in [1.807, 2.05) is 25.4 Å². The van der Waals surface area contributed by atoms with Crippen molar-refractivity contribution >= 4 is 33.5 Å². The van der Waals surface area contributed by atoms with Gasteiger partial charge in [-0.05, 0) is 57.4 Å². The van der Waals surface area contributed by atoms with Gasteiger partial charge >= 0.3 is 6.03 Å². The van der Waals surface area contributed by atoms with E-state index in [9.17, 15) is 9.59 Å². The standard InChI is InChI=1S/C22H26N4O2S/c1-4-6-17(5-2)26-20(27)22(24-21(26)28)9-11-25(12-10-22)15(3)16-7-8-19-18(13-16)23-14-29-19/h4-8,13-15H,9-12H2,1-3H3,(H,24,28)/b6-4-,17-5+. The zero-order valence-corrected chi connectivity index (χ0v) is 17.8. The highest BCUT2D eigenvalue weighted by Gasteiger charge is 2.53. The number of allylic oxidation sites excluding steroid dienone is 3. The van der Waals surface area contributed by atoms with Crippen LogP contribution in [-0.4, -0.2) is 45.4 Å². The molecule has 0 aliphatic carbocycles. The van der Waals surface area contributed by atoms with Gasteiger partial charge in [0.25, 0.3) is 5.91 Å². The summed E-state index contributed by atoms with van der Waals surface area (Å²) in [5.74, 6) is -0.134. The number of benzene rings is 1. The molecule has 0 bridgehead atoms. The Hall–Kier alpha value is -2.51. The third-order valence-corrected chi connectivity index (χ3v) is 6.90. The van der Waals surface area contributed by atoms with Gasteiger partial charge in [-0.25, -0.2) is 14.7 Å². The Bertz CT molecular complexity index is 1000. The van der Waals surface area contributed by atoms with E-state index in [-0.39, 0.29) is 18.0 Å². The maximum atomic E-state index is 13.2. The molecule has 0 radical (unpaired) electrons. The molecule has 7 heteroatoms. The number of fused-ring (bicyclic) bond motifs is 1. The third kappa shape index (κ3) is 3.38. The molecule has 1 spiro atoms. The van der Waals surface area contributed by atoms with Crippen LogP contribution in [0.2, 0.25) is 0 Å². The number of aromatic nitrogens is 1. The highest BCUT2D eigenvalue weighted by molar-refractivity contribution is 7.16. The van der Waals surface area contributed by atoms with Crippen LogP contribution in [0.5, 0.6) is 0 Å². The summed E-state index contributed by atoms with van der Waals surface area (Å²) in [4.78, 5) is 33.8. The van der Waals surface area contributed by atoms with Gasteiger partial charge in [0.15, 0.2) is 0 Å². The molecule has 0 saturated carbocycles. The molecule has 2 fully saturated rings. The fourth-order valence-corrected chi connectivity index (χ4v) is 4.96. The van der Waals surface area contributed by atoms with Gasteiger partial charge in [-0.15, -0.1) is 11.3 Å². The number of carbonyl (C=O) groups is 2. The Balaban J connectivity index is 1.48. The first-order valence-electron chi connectivity index (χ1n) is 10.0. The van der Waals surface area contributed by atoms with Crippen LogP contribution in [0.3, 0.4) is 0 Å². The van der Waals surface area contributed by atoms with Crippen molar-refractivity contribution in [2.24, 2.45) is 0 Å². The van der Waals surface area contributed by atoms with Crippen LogP contribution in [0.1, 0.15) is 45.2 Å². The average molecular weight is 411 g/mol. The first-order chi connectivity index (χ1) is 14.0. The summed E-state index contributed by atoms with van der Waals surface area (Å²) in [6, 6.07) is 6.35. The van der Waals surface area contributed by atoms with Crippen LogP contribution in [-0.2, 0) is 4.79 Å². The van der Waals surface area contributed by atoms with Crippen molar-refractivity contribution < 1.29 is 9.59 Å². The molecule has 1 aromatic heterocycles. The number of hydrogen-bond acceptors (Lipinski definition) is 5. The molecular formula is C22H26N4O2S. The SMILES string of the molecule is C/C=C\C(=C/C)N1C(=O)NC2(CCN(C(C)c3ccc4scnc4c3)CC2)C1=O. The van der Waals surface area contributed by atoms with Gasteiger partial charge < -0.3 is 5.32 Å². The van der Waals surface area contributed by atoms with Gasteiger partial charge in [0.05, 0.1) is 15.7 Å². The van der Waals surface area contributed by atoms with E-state index < -0.39 is 5.54 Å². The second kappa shape index (κ2) is 7.72. The lowest BCUT2D eigenvalue weighted by Gasteiger charge is -2.40. The maximum Gasteiger partial charge on any atom is 0.329 e. The van der Waals surface area contributed by atoms with Crippen LogP contribution >= 0.6 is 11.3 Å². The van der Waals surface area contributed by atoms with Gasteiger partial charge in [-0.2, -0.15) is 0 Å². The largest absolute Gasteiger partial charge is 0.329 e. The Morgan fingerprint density at radius 1 is 1.28 bits per heavy atom.